The van der Waals surface area contributed by atoms with Crippen molar-refractivity contribution in [1.82, 2.24) is 4.31 Å². The van der Waals surface area contributed by atoms with Crippen LogP contribution in [0.15, 0.2) is 47.4 Å². The average Bonchev–Trinajstić information content (AvgIpc) is 2.62. The Morgan fingerprint density at radius 3 is 2.12 bits per heavy atom. The second-order valence-electron chi connectivity index (χ2n) is 6.43. The Labute approximate surface area is 153 Å². The van der Waals surface area contributed by atoms with E-state index < -0.39 is 14.9 Å². The molecule has 0 N–H and O–H groups in total. The number of aryl methyl sites for hydroxylation is 2. The standard InChI is InChI=1S/C18H21N3O4S/c1-14-3-8-18(15(2)13-14)19-9-11-20(12-10-19)26(24,25)17-6-4-16(5-7-17)21(22)23/h3-8,13H,9-12H2,1-2H3. The van der Waals surface area contributed by atoms with Crippen molar-refractivity contribution in [3.8, 4) is 0 Å². The summed E-state index contributed by atoms with van der Waals surface area (Å²) >= 11 is 0. The SMILES string of the molecule is Cc1ccc(N2CCN(S(=O)(=O)c3ccc([N+](=O)[O-])cc3)CC2)c(C)c1. The third-order valence-corrected chi connectivity index (χ3v) is 6.53. The molecule has 3 rings (SSSR count). The fraction of sp³-hybridized carbons (Fsp3) is 0.333. The van der Waals surface area contributed by atoms with Crippen molar-refractivity contribution in [3.05, 3.63) is 63.7 Å². The Hall–Kier alpha value is -2.45. The van der Waals surface area contributed by atoms with E-state index >= 15 is 0 Å². The molecule has 1 aliphatic heterocycles. The van der Waals surface area contributed by atoms with Gasteiger partial charge < -0.3 is 4.90 Å². The Bertz CT molecular complexity index is 918. The second kappa shape index (κ2) is 7.05. The molecule has 1 heterocycles. The van der Waals surface area contributed by atoms with Gasteiger partial charge in [0.15, 0.2) is 0 Å². The number of nitrogens with zero attached hydrogens (tertiary/aromatic N) is 3. The minimum atomic E-state index is -3.64. The van der Waals surface area contributed by atoms with E-state index in [-0.39, 0.29) is 10.6 Å². The van der Waals surface area contributed by atoms with Crippen molar-refractivity contribution in [2.75, 3.05) is 31.1 Å². The zero-order valence-electron chi connectivity index (χ0n) is 14.8. The van der Waals surface area contributed by atoms with Crippen molar-refractivity contribution >= 4 is 21.4 Å². The van der Waals surface area contributed by atoms with Gasteiger partial charge in [-0.2, -0.15) is 4.31 Å². The number of benzene rings is 2. The van der Waals surface area contributed by atoms with Gasteiger partial charge in [0, 0.05) is 44.0 Å². The third-order valence-electron chi connectivity index (χ3n) is 4.62. The number of hydrogen-bond acceptors (Lipinski definition) is 5. The lowest BCUT2D eigenvalue weighted by atomic mass is 10.1. The van der Waals surface area contributed by atoms with Gasteiger partial charge in [0.1, 0.15) is 0 Å². The van der Waals surface area contributed by atoms with Crippen LogP contribution in [0.1, 0.15) is 11.1 Å². The zero-order chi connectivity index (χ0) is 18.9. The molecule has 8 heteroatoms. The number of rotatable bonds is 4. The van der Waals surface area contributed by atoms with Crippen molar-refractivity contribution in [1.29, 1.82) is 0 Å². The van der Waals surface area contributed by atoms with Crippen LogP contribution in [0.5, 0.6) is 0 Å². The second-order valence-corrected chi connectivity index (χ2v) is 8.37. The number of nitro groups is 1. The van der Waals surface area contributed by atoms with Crippen molar-refractivity contribution < 1.29 is 13.3 Å². The highest BCUT2D eigenvalue weighted by Gasteiger charge is 2.29. The summed E-state index contributed by atoms with van der Waals surface area (Å²) in [6.07, 6.45) is 0. The van der Waals surface area contributed by atoms with Gasteiger partial charge in [-0.05, 0) is 37.6 Å². The van der Waals surface area contributed by atoms with Gasteiger partial charge in [0.2, 0.25) is 10.0 Å². The van der Waals surface area contributed by atoms with Crippen LogP contribution in [0.4, 0.5) is 11.4 Å². The van der Waals surface area contributed by atoms with E-state index in [0.717, 1.165) is 5.69 Å². The molecule has 0 amide bonds. The predicted molar refractivity (Wildman–Crippen MR) is 100.0 cm³/mol. The molecular weight excluding hydrogens is 354 g/mol. The van der Waals surface area contributed by atoms with Crippen molar-refractivity contribution in [3.63, 3.8) is 0 Å². The van der Waals surface area contributed by atoms with E-state index in [9.17, 15) is 18.5 Å². The number of non-ortho nitro benzene ring substituents is 1. The number of piperazine rings is 1. The molecule has 1 aliphatic rings. The minimum Gasteiger partial charge on any atom is -0.369 e. The van der Waals surface area contributed by atoms with Gasteiger partial charge in [-0.3, -0.25) is 10.1 Å². The summed E-state index contributed by atoms with van der Waals surface area (Å²) in [5.41, 5.74) is 3.38. The molecule has 7 nitrogen and oxygen atoms in total. The molecule has 26 heavy (non-hydrogen) atoms. The van der Waals surface area contributed by atoms with Gasteiger partial charge in [0.25, 0.3) is 5.69 Å². The van der Waals surface area contributed by atoms with E-state index in [1.54, 1.807) is 0 Å². The highest BCUT2D eigenvalue weighted by molar-refractivity contribution is 7.89. The number of hydrogen-bond donors (Lipinski definition) is 0. The Balaban J connectivity index is 1.73. The predicted octanol–water partition coefficient (Wildman–Crippen LogP) is 2.72. The first-order chi connectivity index (χ1) is 12.3. The van der Waals surface area contributed by atoms with E-state index in [4.69, 9.17) is 0 Å². The smallest absolute Gasteiger partial charge is 0.269 e. The van der Waals surface area contributed by atoms with E-state index in [0.29, 0.717) is 26.2 Å². The number of anilines is 1. The summed E-state index contributed by atoms with van der Waals surface area (Å²) in [5.74, 6) is 0. The van der Waals surface area contributed by atoms with E-state index in [1.165, 1.54) is 39.7 Å². The summed E-state index contributed by atoms with van der Waals surface area (Å²) in [7, 11) is -3.64. The fourth-order valence-electron chi connectivity index (χ4n) is 3.22. The van der Waals surface area contributed by atoms with Crippen LogP contribution in [-0.4, -0.2) is 43.8 Å². The largest absolute Gasteiger partial charge is 0.369 e. The first-order valence-electron chi connectivity index (χ1n) is 8.36. The molecule has 0 aliphatic carbocycles. The molecule has 0 bridgehead atoms. The van der Waals surface area contributed by atoms with Crippen LogP contribution in [-0.2, 0) is 10.0 Å². The van der Waals surface area contributed by atoms with Crippen LogP contribution in [0, 0.1) is 24.0 Å². The summed E-state index contributed by atoms with van der Waals surface area (Å²) in [5, 5.41) is 10.7. The lowest BCUT2D eigenvalue weighted by molar-refractivity contribution is -0.384. The fourth-order valence-corrected chi connectivity index (χ4v) is 4.64. The van der Waals surface area contributed by atoms with Crippen molar-refractivity contribution in [2.45, 2.75) is 18.7 Å². The summed E-state index contributed by atoms with van der Waals surface area (Å²) in [4.78, 5) is 12.5. The van der Waals surface area contributed by atoms with E-state index in [1.807, 2.05) is 6.92 Å². The monoisotopic (exact) mass is 375 g/mol. The Morgan fingerprint density at radius 1 is 0.962 bits per heavy atom. The Kier molecular flexibility index (Phi) is 4.97. The van der Waals surface area contributed by atoms with Gasteiger partial charge in [-0.1, -0.05) is 17.7 Å². The third kappa shape index (κ3) is 3.56. The molecule has 0 aromatic heterocycles. The van der Waals surface area contributed by atoms with Gasteiger partial charge >= 0.3 is 0 Å². The normalized spacial score (nSPS) is 15.8. The molecule has 138 valence electrons. The quantitative estimate of drug-likeness (QED) is 0.606. The molecule has 0 unspecified atom stereocenters. The molecule has 2 aromatic carbocycles. The van der Waals surface area contributed by atoms with Crippen LogP contribution < -0.4 is 4.90 Å². The molecule has 0 radical (unpaired) electrons. The first kappa shape index (κ1) is 18.3. The highest BCUT2D eigenvalue weighted by Crippen LogP contribution is 2.25. The maximum absolute atomic E-state index is 12.8. The number of sulfonamides is 1. The molecule has 0 saturated carbocycles. The summed E-state index contributed by atoms with van der Waals surface area (Å²) < 4.78 is 27.0. The highest BCUT2D eigenvalue weighted by atomic mass is 32.2. The maximum atomic E-state index is 12.8. The van der Waals surface area contributed by atoms with Crippen molar-refractivity contribution in [2.24, 2.45) is 0 Å². The molecule has 0 atom stereocenters. The molecule has 1 saturated heterocycles. The Morgan fingerprint density at radius 2 is 1.58 bits per heavy atom. The van der Waals surface area contributed by atoms with E-state index in [2.05, 4.69) is 30.0 Å². The van der Waals surface area contributed by atoms with Gasteiger partial charge in [0.05, 0.1) is 9.82 Å². The summed E-state index contributed by atoms with van der Waals surface area (Å²) in [6.45, 7) is 6.08. The molecule has 1 fully saturated rings. The van der Waals surface area contributed by atoms with Crippen LogP contribution in [0.3, 0.4) is 0 Å². The first-order valence-corrected chi connectivity index (χ1v) is 9.80. The minimum absolute atomic E-state index is 0.0862. The van der Waals surface area contributed by atoms with Crippen LogP contribution in [0.25, 0.3) is 0 Å². The molecule has 2 aromatic rings. The van der Waals surface area contributed by atoms with Gasteiger partial charge in [-0.25, -0.2) is 8.42 Å². The average molecular weight is 375 g/mol. The summed E-state index contributed by atoms with van der Waals surface area (Å²) in [6, 6.07) is 11.3. The maximum Gasteiger partial charge on any atom is 0.269 e. The van der Waals surface area contributed by atoms with Crippen LogP contribution in [0.2, 0.25) is 0 Å². The number of nitro benzene ring substituents is 1. The topological polar surface area (TPSA) is 83.8 Å². The zero-order valence-corrected chi connectivity index (χ0v) is 15.6. The van der Waals surface area contributed by atoms with Crippen LogP contribution >= 0.6 is 0 Å². The lowest BCUT2D eigenvalue weighted by Gasteiger charge is -2.36. The lowest BCUT2D eigenvalue weighted by Crippen LogP contribution is -2.48. The molecule has 0 spiro atoms. The van der Waals surface area contributed by atoms with Gasteiger partial charge in [-0.15, -0.1) is 0 Å². The molecular formula is C18H21N3O4S.